The lowest BCUT2D eigenvalue weighted by Crippen LogP contribution is -2.29. The molecular weight excluding hydrogens is 352 g/mol. The Bertz CT molecular complexity index is 858. The van der Waals surface area contributed by atoms with E-state index in [0.717, 1.165) is 37.1 Å². The Hall–Kier alpha value is -2.82. The fourth-order valence-corrected chi connectivity index (χ4v) is 3.65. The van der Waals surface area contributed by atoms with Gasteiger partial charge in [0, 0.05) is 18.7 Å². The molecule has 1 heterocycles. The predicted molar refractivity (Wildman–Crippen MR) is 109 cm³/mol. The molecule has 1 atom stereocenters. The quantitative estimate of drug-likeness (QED) is 0.818. The number of para-hydroxylation sites is 1. The van der Waals surface area contributed by atoms with Gasteiger partial charge in [-0.2, -0.15) is 0 Å². The summed E-state index contributed by atoms with van der Waals surface area (Å²) in [4.78, 5) is 26.5. The van der Waals surface area contributed by atoms with Crippen LogP contribution < -0.4 is 15.0 Å². The molecule has 1 N–H and O–H groups in total. The van der Waals surface area contributed by atoms with Crippen LogP contribution in [0, 0.1) is 0 Å². The Kier molecular flexibility index (Phi) is 5.33. The van der Waals surface area contributed by atoms with Gasteiger partial charge in [-0.15, -0.1) is 0 Å². The number of ether oxygens (including phenoxy) is 1. The van der Waals surface area contributed by atoms with Gasteiger partial charge >= 0.3 is 0 Å². The topological polar surface area (TPSA) is 58.6 Å². The van der Waals surface area contributed by atoms with Crippen LogP contribution in [0.5, 0.6) is 5.75 Å². The Morgan fingerprint density at radius 2 is 1.86 bits per heavy atom. The average Bonchev–Trinajstić information content (AvgIpc) is 3.11. The second-order valence-corrected chi connectivity index (χ2v) is 7.60. The van der Waals surface area contributed by atoms with Crippen LogP contribution in [-0.4, -0.2) is 24.5 Å². The Balaban J connectivity index is 1.42. The minimum absolute atomic E-state index is 0.138. The Labute approximate surface area is 165 Å². The number of benzene rings is 2. The van der Waals surface area contributed by atoms with Gasteiger partial charge < -0.3 is 15.0 Å². The molecule has 2 amide bonds. The summed E-state index contributed by atoms with van der Waals surface area (Å²) >= 11 is 0. The lowest BCUT2D eigenvalue weighted by atomic mass is 9.96. The summed E-state index contributed by atoms with van der Waals surface area (Å²) < 4.78 is 5.97. The van der Waals surface area contributed by atoms with E-state index < -0.39 is 0 Å². The van der Waals surface area contributed by atoms with Gasteiger partial charge in [-0.3, -0.25) is 9.59 Å². The first-order chi connectivity index (χ1) is 13.6. The van der Waals surface area contributed by atoms with E-state index in [9.17, 15) is 9.59 Å². The van der Waals surface area contributed by atoms with Crippen LogP contribution in [0.4, 0.5) is 5.69 Å². The molecule has 2 fully saturated rings. The van der Waals surface area contributed by atoms with Crippen LogP contribution in [0.1, 0.15) is 61.0 Å². The van der Waals surface area contributed by atoms with Crippen molar-refractivity contribution >= 4 is 17.5 Å². The van der Waals surface area contributed by atoms with Gasteiger partial charge in [0.1, 0.15) is 5.75 Å². The number of hydrogen-bond donors (Lipinski definition) is 1. The molecule has 1 unspecified atom stereocenters. The minimum Gasteiger partial charge on any atom is -0.490 e. The summed E-state index contributed by atoms with van der Waals surface area (Å²) in [5.41, 5.74) is 2.49. The van der Waals surface area contributed by atoms with E-state index in [2.05, 4.69) is 5.32 Å². The third-order valence-electron chi connectivity index (χ3n) is 5.60. The molecule has 0 radical (unpaired) electrons. The molecule has 2 aromatic rings. The first-order valence-corrected chi connectivity index (χ1v) is 10.1. The SMILES string of the molecule is CC(NC(=O)c1ccccc1OC1CCC1)c1ccc(N2CCCC2=O)cc1. The second kappa shape index (κ2) is 8.05. The van der Waals surface area contributed by atoms with Gasteiger partial charge in [-0.1, -0.05) is 24.3 Å². The zero-order chi connectivity index (χ0) is 19.5. The number of nitrogens with one attached hydrogen (secondary N) is 1. The molecule has 0 aromatic heterocycles. The van der Waals surface area contributed by atoms with E-state index in [1.54, 1.807) is 6.07 Å². The predicted octanol–water partition coefficient (Wildman–Crippen LogP) is 4.24. The maximum atomic E-state index is 12.8. The van der Waals surface area contributed by atoms with E-state index >= 15 is 0 Å². The Morgan fingerprint density at radius 1 is 1.11 bits per heavy atom. The van der Waals surface area contributed by atoms with Crippen LogP contribution >= 0.6 is 0 Å². The van der Waals surface area contributed by atoms with E-state index in [0.29, 0.717) is 17.7 Å². The van der Waals surface area contributed by atoms with Crippen molar-refractivity contribution in [1.82, 2.24) is 5.32 Å². The number of carbonyl (C=O) groups is 2. The summed E-state index contributed by atoms with van der Waals surface area (Å²) in [6.07, 6.45) is 5.06. The van der Waals surface area contributed by atoms with Crippen molar-refractivity contribution in [3.05, 3.63) is 59.7 Å². The number of anilines is 1. The van der Waals surface area contributed by atoms with E-state index in [1.807, 2.05) is 54.3 Å². The largest absolute Gasteiger partial charge is 0.490 e. The van der Waals surface area contributed by atoms with Crippen molar-refractivity contribution in [1.29, 1.82) is 0 Å². The standard InChI is InChI=1S/C23H26N2O3/c1-16(17-11-13-18(14-12-17)25-15-5-10-22(25)26)24-23(27)20-8-2-3-9-21(20)28-19-6-4-7-19/h2-3,8-9,11-14,16,19H,4-7,10,15H2,1H3,(H,24,27). The van der Waals surface area contributed by atoms with Gasteiger partial charge in [0.15, 0.2) is 0 Å². The summed E-state index contributed by atoms with van der Waals surface area (Å²) in [6, 6.07) is 15.1. The average molecular weight is 378 g/mol. The van der Waals surface area contributed by atoms with Crippen LogP contribution in [0.2, 0.25) is 0 Å². The molecule has 4 rings (SSSR count). The highest BCUT2D eigenvalue weighted by molar-refractivity contribution is 5.97. The monoisotopic (exact) mass is 378 g/mol. The van der Waals surface area contributed by atoms with Gasteiger partial charge in [0.25, 0.3) is 5.91 Å². The molecule has 1 saturated carbocycles. The molecule has 5 heteroatoms. The van der Waals surface area contributed by atoms with Gasteiger partial charge in [-0.25, -0.2) is 0 Å². The van der Waals surface area contributed by atoms with Gasteiger partial charge in [0.2, 0.25) is 5.91 Å². The molecule has 5 nitrogen and oxygen atoms in total. The molecule has 0 spiro atoms. The summed E-state index contributed by atoms with van der Waals surface area (Å²) in [7, 11) is 0. The third kappa shape index (κ3) is 3.88. The second-order valence-electron chi connectivity index (χ2n) is 7.60. The van der Waals surface area contributed by atoms with Crippen LogP contribution in [0.3, 0.4) is 0 Å². The lowest BCUT2D eigenvalue weighted by molar-refractivity contribution is -0.117. The molecular formula is C23H26N2O3. The van der Waals surface area contributed by atoms with E-state index in [-0.39, 0.29) is 24.0 Å². The first-order valence-electron chi connectivity index (χ1n) is 10.1. The molecule has 0 bridgehead atoms. The summed E-state index contributed by atoms with van der Waals surface area (Å²) in [5, 5.41) is 3.06. The fourth-order valence-electron chi connectivity index (χ4n) is 3.65. The third-order valence-corrected chi connectivity index (χ3v) is 5.60. The van der Waals surface area contributed by atoms with E-state index in [4.69, 9.17) is 4.74 Å². The number of nitrogens with zero attached hydrogens (tertiary/aromatic N) is 1. The molecule has 1 aliphatic carbocycles. The molecule has 1 aliphatic heterocycles. The summed E-state index contributed by atoms with van der Waals surface area (Å²) in [5.74, 6) is 0.693. The zero-order valence-corrected chi connectivity index (χ0v) is 16.2. The van der Waals surface area contributed by atoms with Crippen LogP contribution in [-0.2, 0) is 4.79 Å². The van der Waals surface area contributed by atoms with Crippen molar-refractivity contribution in [2.75, 3.05) is 11.4 Å². The van der Waals surface area contributed by atoms with E-state index in [1.165, 1.54) is 6.42 Å². The van der Waals surface area contributed by atoms with Gasteiger partial charge in [-0.05, 0) is 62.4 Å². The number of rotatable bonds is 6. The molecule has 2 aromatic carbocycles. The molecule has 2 aliphatic rings. The molecule has 28 heavy (non-hydrogen) atoms. The molecule has 146 valence electrons. The maximum Gasteiger partial charge on any atom is 0.255 e. The highest BCUT2D eigenvalue weighted by atomic mass is 16.5. The van der Waals surface area contributed by atoms with Crippen LogP contribution in [0.25, 0.3) is 0 Å². The number of hydrogen-bond acceptors (Lipinski definition) is 3. The number of amides is 2. The Morgan fingerprint density at radius 3 is 2.50 bits per heavy atom. The first kappa shape index (κ1) is 18.5. The molecule has 1 saturated heterocycles. The minimum atomic E-state index is -0.146. The maximum absolute atomic E-state index is 12.8. The zero-order valence-electron chi connectivity index (χ0n) is 16.2. The smallest absolute Gasteiger partial charge is 0.255 e. The normalized spacial score (nSPS) is 17.9. The van der Waals surface area contributed by atoms with Crippen molar-refractivity contribution in [2.24, 2.45) is 0 Å². The van der Waals surface area contributed by atoms with Crippen molar-refractivity contribution in [3.63, 3.8) is 0 Å². The van der Waals surface area contributed by atoms with Crippen LogP contribution in [0.15, 0.2) is 48.5 Å². The number of carbonyl (C=O) groups excluding carboxylic acids is 2. The van der Waals surface area contributed by atoms with Crippen molar-refractivity contribution in [2.45, 2.75) is 51.2 Å². The highest BCUT2D eigenvalue weighted by Crippen LogP contribution is 2.28. The highest BCUT2D eigenvalue weighted by Gasteiger charge is 2.23. The van der Waals surface area contributed by atoms with Crippen molar-refractivity contribution < 1.29 is 14.3 Å². The summed E-state index contributed by atoms with van der Waals surface area (Å²) in [6.45, 7) is 2.74. The van der Waals surface area contributed by atoms with Crippen molar-refractivity contribution in [3.8, 4) is 5.75 Å². The fraction of sp³-hybridized carbons (Fsp3) is 0.391. The van der Waals surface area contributed by atoms with Gasteiger partial charge in [0.05, 0.1) is 17.7 Å². The lowest BCUT2D eigenvalue weighted by Gasteiger charge is -2.27.